The molecule has 0 spiro atoms. The van der Waals surface area contributed by atoms with Crippen LogP contribution in [0.25, 0.3) is 0 Å². The van der Waals surface area contributed by atoms with Crippen molar-refractivity contribution in [2.75, 3.05) is 52.5 Å². The minimum atomic E-state index is 0.353. The summed E-state index contributed by atoms with van der Waals surface area (Å²) in [6, 6.07) is 0. The molecule has 4 heteroatoms. The summed E-state index contributed by atoms with van der Waals surface area (Å²) in [6.45, 7) is 13.0. The Morgan fingerprint density at radius 3 is 2.50 bits per heavy atom. The Morgan fingerprint density at radius 1 is 1.17 bits per heavy atom. The third-order valence-electron chi connectivity index (χ3n) is 3.81. The van der Waals surface area contributed by atoms with Gasteiger partial charge in [-0.25, -0.2) is 0 Å². The molecule has 18 heavy (non-hydrogen) atoms. The zero-order valence-corrected chi connectivity index (χ0v) is 11.9. The number of hydrogen-bond donors (Lipinski definition) is 0. The second-order valence-corrected chi connectivity index (χ2v) is 5.70. The summed E-state index contributed by atoms with van der Waals surface area (Å²) in [5, 5.41) is 0. The average molecular weight is 256 g/mol. The van der Waals surface area contributed by atoms with Crippen LogP contribution in [0.15, 0.2) is 0 Å². The highest BCUT2D eigenvalue weighted by atomic mass is 16.5. The van der Waals surface area contributed by atoms with E-state index in [2.05, 4.69) is 23.6 Å². The first kappa shape index (κ1) is 14.3. The lowest BCUT2D eigenvalue weighted by molar-refractivity contribution is 0.0286. The lowest BCUT2D eigenvalue weighted by atomic mass is 10.2. The quantitative estimate of drug-likeness (QED) is 0.713. The van der Waals surface area contributed by atoms with E-state index in [0.29, 0.717) is 12.2 Å². The Morgan fingerprint density at radius 2 is 1.89 bits per heavy atom. The molecule has 0 saturated carbocycles. The fourth-order valence-electron chi connectivity index (χ4n) is 2.69. The minimum Gasteiger partial charge on any atom is -0.377 e. The lowest BCUT2D eigenvalue weighted by Crippen LogP contribution is -2.49. The van der Waals surface area contributed by atoms with Crippen molar-refractivity contribution >= 4 is 0 Å². The van der Waals surface area contributed by atoms with Crippen LogP contribution < -0.4 is 0 Å². The molecule has 4 nitrogen and oxygen atoms in total. The lowest BCUT2D eigenvalue weighted by Gasteiger charge is -2.35. The van der Waals surface area contributed by atoms with Gasteiger partial charge in [-0.3, -0.25) is 9.80 Å². The highest BCUT2D eigenvalue weighted by Gasteiger charge is 2.22. The van der Waals surface area contributed by atoms with Crippen LogP contribution in [0.2, 0.25) is 0 Å². The maximum Gasteiger partial charge on any atom is 0.0702 e. The van der Waals surface area contributed by atoms with Crippen LogP contribution >= 0.6 is 0 Å². The number of piperazine rings is 1. The maximum absolute atomic E-state index is 5.70. The first-order valence-corrected chi connectivity index (χ1v) is 7.42. The molecule has 0 aromatic carbocycles. The molecular weight excluding hydrogens is 228 g/mol. The highest BCUT2D eigenvalue weighted by Crippen LogP contribution is 2.14. The summed E-state index contributed by atoms with van der Waals surface area (Å²) >= 11 is 0. The molecule has 0 amide bonds. The Bertz CT molecular complexity index is 222. The Balaban J connectivity index is 1.56. The van der Waals surface area contributed by atoms with Crippen molar-refractivity contribution in [3.8, 4) is 0 Å². The van der Waals surface area contributed by atoms with E-state index in [-0.39, 0.29) is 0 Å². The van der Waals surface area contributed by atoms with Gasteiger partial charge in [0, 0.05) is 45.9 Å². The molecule has 2 aliphatic rings. The molecule has 0 radical (unpaired) electrons. The molecule has 2 saturated heterocycles. The van der Waals surface area contributed by atoms with E-state index < -0.39 is 0 Å². The highest BCUT2D eigenvalue weighted by molar-refractivity contribution is 4.76. The molecule has 2 aliphatic heterocycles. The normalized spacial score (nSPS) is 27.2. The predicted octanol–water partition coefficient (Wildman–Crippen LogP) is 1.21. The van der Waals surface area contributed by atoms with Crippen molar-refractivity contribution in [2.45, 2.75) is 38.9 Å². The molecule has 0 N–H and O–H groups in total. The fourth-order valence-corrected chi connectivity index (χ4v) is 2.69. The van der Waals surface area contributed by atoms with Crippen molar-refractivity contribution in [3.63, 3.8) is 0 Å². The van der Waals surface area contributed by atoms with Gasteiger partial charge in [-0.1, -0.05) is 0 Å². The van der Waals surface area contributed by atoms with Crippen LogP contribution in [-0.4, -0.2) is 74.5 Å². The number of nitrogens with zero attached hydrogens (tertiary/aromatic N) is 2. The van der Waals surface area contributed by atoms with Gasteiger partial charge in [0.05, 0.1) is 18.8 Å². The first-order chi connectivity index (χ1) is 8.74. The molecule has 0 bridgehead atoms. The third kappa shape index (κ3) is 4.84. The Hall–Kier alpha value is -0.160. The standard InChI is InChI=1S/C14H28N2O2/c1-13(2)17-11-9-15-5-7-16(8-6-15)12-14-4-3-10-18-14/h13-14H,3-12H2,1-2H3. The molecule has 2 rings (SSSR count). The second-order valence-electron chi connectivity index (χ2n) is 5.70. The van der Waals surface area contributed by atoms with Gasteiger partial charge < -0.3 is 9.47 Å². The fraction of sp³-hybridized carbons (Fsp3) is 1.00. The van der Waals surface area contributed by atoms with Crippen molar-refractivity contribution < 1.29 is 9.47 Å². The zero-order chi connectivity index (χ0) is 12.8. The predicted molar refractivity (Wildman–Crippen MR) is 72.9 cm³/mol. The largest absolute Gasteiger partial charge is 0.377 e. The van der Waals surface area contributed by atoms with Crippen molar-refractivity contribution in [2.24, 2.45) is 0 Å². The van der Waals surface area contributed by atoms with Crippen LogP contribution in [0.1, 0.15) is 26.7 Å². The molecule has 1 atom stereocenters. The summed E-state index contributed by atoms with van der Waals surface area (Å²) in [5.41, 5.74) is 0. The van der Waals surface area contributed by atoms with E-state index in [4.69, 9.17) is 9.47 Å². The van der Waals surface area contributed by atoms with Gasteiger partial charge in [-0.15, -0.1) is 0 Å². The van der Waals surface area contributed by atoms with E-state index in [9.17, 15) is 0 Å². The van der Waals surface area contributed by atoms with Gasteiger partial charge >= 0.3 is 0 Å². The summed E-state index contributed by atoms with van der Waals surface area (Å²) < 4.78 is 11.3. The van der Waals surface area contributed by atoms with Crippen LogP contribution in [0.3, 0.4) is 0 Å². The SMILES string of the molecule is CC(C)OCCN1CCN(CC2CCCO2)CC1. The molecule has 2 fully saturated rings. The van der Waals surface area contributed by atoms with Gasteiger partial charge in [-0.05, 0) is 26.7 Å². The number of rotatable bonds is 6. The average Bonchev–Trinajstić information content (AvgIpc) is 2.84. The second kappa shape index (κ2) is 7.43. The summed E-state index contributed by atoms with van der Waals surface area (Å²) in [6.07, 6.45) is 3.35. The monoisotopic (exact) mass is 256 g/mol. The van der Waals surface area contributed by atoms with Gasteiger partial charge in [-0.2, -0.15) is 0 Å². The van der Waals surface area contributed by atoms with E-state index in [1.807, 2.05) is 0 Å². The van der Waals surface area contributed by atoms with Crippen LogP contribution in [0, 0.1) is 0 Å². The molecule has 106 valence electrons. The van der Waals surface area contributed by atoms with E-state index in [1.54, 1.807) is 0 Å². The topological polar surface area (TPSA) is 24.9 Å². The van der Waals surface area contributed by atoms with Crippen LogP contribution in [0.4, 0.5) is 0 Å². The third-order valence-corrected chi connectivity index (χ3v) is 3.81. The van der Waals surface area contributed by atoms with Gasteiger partial charge in [0.1, 0.15) is 0 Å². The van der Waals surface area contributed by atoms with Gasteiger partial charge in [0.2, 0.25) is 0 Å². The van der Waals surface area contributed by atoms with Crippen LogP contribution in [-0.2, 0) is 9.47 Å². The van der Waals surface area contributed by atoms with Crippen molar-refractivity contribution in [3.05, 3.63) is 0 Å². The number of ether oxygens (including phenoxy) is 2. The zero-order valence-electron chi connectivity index (χ0n) is 11.9. The van der Waals surface area contributed by atoms with E-state index >= 15 is 0 Å². The van der Waals surface area contributed by atoms with E-state index in [1.165, 1.54) is 39.0 Å². The van der Waals surface area contributed by atoms with Crippen molar-refractivity contribution in [1.29, 1.82) is 0 Å². The molecule has 1 unspecified atom stereocenters. The number of hydrogen-bond acceptors (Lipinski definition) is 4. The summed E-state index contributed by atoms with van der Waals surface area (Å²) in [7, 11) is 0. The van der Waals surface area contributed by atoms with Crippen molar-refractivity contribution in [1.82, 2.24) is 9.80 Å². The maximum atomic E-state index is 5.70. The summed E-state index contributed by atoms with van der Waals surface area (Å²) in [5.74, 6) is 0. The Kier molecular flexibility index (Phi) is 5.89. The smallest absolute Gasteiger partial charge is 0.0702 e. The molecule has 0 aromatic heterocycles. The van der Waals surface area contributed by atoms with E-state index in [0.717, 1.165) is 26.3 Å². The molecule has 0 aliphatic carbocycles. The van der Waals surface area contributed by atoms with Gasteiger partial charge in [0.15, 0.2) is 0 Å². The Labute approximate surface area is 111 Å². The van der Waals surface area contributed by atoms with Gasteiger partial charge in [0.25, 0.3) is 0 Å². The van der Waals surface area contributed by atoms with Crippen LogP contribution in [0.5, 0.6) is 0 Å². The summed E-state index contributed by atoms with van der Waals surface area (Å²) in [4.78, 5) is 5.06. The molecule has 2 heterocycles. The molecule has 0 aromatic rings. The molecular formula is C14H28N2O2. The first-order valence-electron chi connectivity index (χ1n) is 7.42. The minimum absolute atomic E-state index is 0.353.